The highest BCUT2D eigenvalue weighted by atomic mass is 16.5. The summed E-state index contributed by atoms with van der Waals surface area (Å²) < 4.78 is 11.4. The number of nitrogens with one attached hydrogen (secondary N) is 1. The van der Waals surface area contributed by atoms with Crippen LogP contribution in [0.15, 0.2) is 12.1 Å². The Morgan fingerprint density at radius 1 is 1.32 bits per heavy atom. The molecular weight excluding hydrogens is 360 g/mol. The van der Waals surface area contributed by atoms with Crippen molar-refractivity contribution in [2.24, 2.45) is 17.6 Å². The van der Waals surface area contributed by atoms with Crippen LogP contribution in [0.25, 0.3) is 0 Å². The molecule has 0 bridgehead atoms. The minimum absolute atomic E-state index is 0.220. The Balaban J connectivity index is 1.76. The number of morpholine rings is 1. The maximum absolute atomic E-state index is 12.7. The number of anilines is 1. The summed E-state index contributed by atoms with van der Waals surface area (Å²) in [5.74, 6) is 0.293. The maximum Gasteiger partial charge on any atom is 0.270 e. The average molecular weight is 390 g/mol. The monoisotopic (exact) mass is 390 g/mol. The van der Waals surface area contributed by atoms with Crippen molar-refractivity contribution in [1.29, 1.82) is 0 Å². The molecule has 1 saturated heterocycles. The Bertz CT molecular complexity index is 699. The number of rotatable bonds is 9. The second-order valence-corrected chi connectivity index (χ2v) is 7.93. The van der Waals surface area contributed by atoms with E-state index in [-0.39, 0.29) is 11.6 Å². The van der Waals surface area contributed by atoms with Crippen molar-refractivity contribution in [1.82, 2.24) is 10.3 Å². The summed E-state index contributed by atoms with van der Waals surface area (Å²) in [5, 5.41) is 2.70. The third-order valence-electron chi connectivity index (χ3n) is 4.93. The molecular formula is C20H30N4O4. The summed E-state index contributed by atoms with van der Waals surface area (Å²) >= 11 is 0. The topological polar surface area (TPSA) is 107 Å². The second-order valence-electron chi connectivity index (χ2n) is 7.93. The van der Waals surface area contributed by atoms with E-state index in [1.54, 1.807) is 6.07 Å². The van der Waals surface area contributed by atoms with Gasteiger partial charge in [-0.25, -0.2) is 4.98 Å². The van der Waals surface area contributed by atoms with Gasteiger partial charge in [-0.05, 0) is 43.2 Å². The van der Waals surface area contributed by atoms with Gasteiger partial charge in [0, 0.05) is 13.1 Å². The van der Waals surface area contributed by atoms with Crippen molar-refractivity contribution < 1.29 is 19.1 Å². The lowest BCUT2D eigenvalue weighted by Gasteiger charge is -2.30. The van der Waals surface area contributed by atoms with E-state index in [0.717, 1.165) is 18.8 Å². The van der Waals surface area contributed by atoms with E-state index in [4.69, 9.17) is 15.2 Å². The lowest BCUT2D eigenvalue weighted by molar-refractivity contribution is -0.120. The highest BCUT2D eigenvalue weighted by Gasteiger charge is 2.26. The highest BCUT2D eigenvalue weighted by molar-refractivity contribution is 5.96. The summed E-state index contributed by atoms with van der Waals surface area (Å²) in [5.41, 5.74) is 6.52. The Morgan fingerprint density at radius 3 is 2.64 bits per heavy atom. The van der Waals surface area contributed by atoms with Gasteiger partial charge in [0.15, 0.2) is 0 Å². The second kappa shape index (κ2) is 9.23. The lowest BCUT2D eigenvalue weighted by Crippen LogP contribution is -2.45. The number of nitrogens with two attached hydrogens (primary N) is 1. The fraction of sp³-hybridized carbons (Fsp3) is 0.650. The zero-order valence-corrected chi connectivity index (χ0v) is 16.6. The van der Waals surface area contributed by atoms with Gasteiger partial charge >= 0.3 is 0 Å². The number of pyridine rings is 1. The molecule has 154 valence electrons. The van der Waals surface area contributed by atoms with Crippen LogP contribution in [0.4, 0.5) is 5.69 Å². The Morgan fingerprint density at radius 2 is 2.04 bits per heavy atom. The predicted molar refractivity (Wildman–Crippen MR) is 105 cm³/mol. The van der Waals surface area contributed by atoms with Crippen LogP contribution in [0.3, 0.4) is 0 Å². The predicted octanol–water partition coefficient (Wildman–Crippen LogP) is 1.34. The molecule has 0 spiro atoms. The zero-order chi connectivity index (χ0) is 20.1. The molecule has 1 atom stereocenters. The first-order valence-electron chi connectivity index (χ1n) is 10.0. The first-order valence-corrected chi connectivity index (χ1v) is 10.0. The SMILES string of the molecule is CC(C)C[C@H](NC(=O)c1ccc(N2CCOCC2)c(OCC2CC2)n1)C(N)=O. The van der Waals surface area contributed by atoms with Crippen LogP contribution in [-0.4, -0.2) is 55.8 Å². The third-order valence-corrected chi connectivity index (χ3v) is 4.93. The normalized spacial score (nSPS) is 18.0. The average Bonchev–Trinajstić information content (AvgIpc) is 3.50. The summed E-state index contributed by atoms with van der Waals surface area (Å²) in [6.07, 6.45) is 2.82. The quantitative estimate of drug-likeness (QED) is 0.659. The molecule has 1 aromatic rings. The van der Waals surface area contributed by atoms with E-state index in [1.165, 1.54) is 12.8 Å². The van der Waals surface area contributed by atoms with Gasteiger partial charge in [0.05, 0.1) is 19.8 Å². The van der Waals surface area contributed by atoms with E-state index < -0.39 is 17.9 Å². The molecule has 0 unspecified atom stereocenters. The molecule has 3 rings (SSSR count). The van der Waals surface area contributed by atoms with E-state index in [1.807, 2.05) is 19.9 Å². The van der Waals surface area contributed by atoms with Crippen molar-refractivity contribution in [3.05, 3.63) is 17.8 Å². The number of aromatic nitrogens is 1. The summed E-state index contributed by atoms with van der Waals surface area (Å²) in [6, 6.07) is 2.80. The van der Waals surface area contributed by atoms with Crippen molar-refractivity contribution in [2.45, 2.75) is 39.2 Å². The number of hydrogen-bond donors (Lipinski definition) is 2. The molecule has 0 aromatic carbocycles. The molecule has 1 aliphatic carbocycles. The number of amides is 2. The van der Waals surface area contributed by atoms with Gasteiger partial charge < -0.3 is 25.4 Å². The van der Waals surface area contributed by atoms with Crippen LogP contribution in [0, 0.1) is 11.8 Å². The standard InChI is InChI=1S/C20H30N4O4/c1-13(2)11-16(18(21)25)22-19(26)15-5-6-17(24-7-9-27-10-8-24)20(23-15)28-12-14-3-4-14/h5-6,13-14,16H,3-4,7-12H2,1-2H3,(H2,21,25)(H,22,26)/t16-/m0/s1. The number of carbonyl (C=O) groups excluding carboxylic acids is 2. The van der Waals surface area contributed by atoms with Gasteiger partial charge in [0.25, 0.3) is 5.91 Å². The highest BCUT2D eigenvalue weighted by Crippen LogP contribution is 2.32. The van der Waals surface area contributed by atoms with Crippen molar-refractivity contribution >= 4 is 17.5 Å². The summed E-state index contributed by atoms with van der Waals surface area (Å²) in [6.45, 7) is 7.37. The molecule has 2 aliphatic rings. The smallest absolute Gasteiger partial charge is 0.270 e. The minimum atomic E-state index is -0.718. The summed E-state index contributed by atoms with van der Waals surface area (Å²) in [7, 11) is 0. The van der Waals surface area contributed by atoms with Crippen LogP contribution in [0.1, 0.15) is 43.6 Å². The molecule has 2 heterocycles. The zero-order valence-electron chi connectivity index (χ0n) is 16.6. The number of carbonyl (C=O) groups is 2. The molecule has 0 radical (unpaired) electrons. The molecule has 2 amide bonds. The minimum Gasteiger partial charge on any atom is -0.476 e. The molecule has 1 aromatic heterocycles. The maximum atomic E-state index is 12.7. The molecule has 2 fully saturated rings. The molecule has 1 aliphatic heterocycles. The van der Waals surface area contributed by atoms with Gasteiger partial charge in [0.2, 0.25) is 11.8 Å². The lowest BCUT2D eigenvalue weighted by atomic mass is 10.0. The van der Waals surface area contributed by atoms with Gasteiger partial charge in [-0.1, -0.05) is 13.8 Å². The van der Waals surface area contributed by atoms with Crippen LogP contribution in [-0.2, 0) is 9.53 Å². The van der Waals surface area contributed by atoms with Crippen molar-refractivity contribution in [3.8, 4) is 5.88 Å². The molecule has 1 saturated carbocycles. The summed E-state index contributed by atoms with van der Waals surface area (Å²) in [4.78, 5) is 30.9. The van der Waals surface area contributed by atoms with Crippen LogP contribution in [0.2, 0.25) is 0 Å². The Labute approximate surface area is 165 Å². The number of nitrogens with zero attached hydrogens (tertiary/aromatic N) is 2. The van der Waals surface area contributed by atoms with Crippen LogP contribution < -0.4 is 20.7 Å². The largest absolute Gasteiger partial charge is 0.476 e. The number of ether oxygens (including phenoxy) is 2. The van der Waals surface area contributed by atoms with Crippen molar-refractivity contribution in [3.63, 3.8) is 0 Å². The first kappa shape index (κ1) is 20.4. The van der Waals surface area contributed by atoms with E-state index in [0.29, 0.717) is 38.0 Å². The van der Waals surface area contributed by atoms with Crippen LogP contribution in [0.5, 0.6) is 5.88 Å². The van der Waals surface area contributed by atoms with Gasteiger partial charge in [-0.15, -0.1) is 0 Å². The van der Waals surface area contributed by atoms with Gasteiger partial charge in [0.1, 0.15) is 17.4 Å². The van der Waals surface area contributed by atoms with E-state index >= 15 is 0 Å². The van der Waals surface area contributed by atoms with E-state index in [2.05, 4.69) is 15.2 Å². The Kier molecular flexibility index (Phi) is 6.72. The molecule has 3 N–H and O–H groups in total. The Hall–Kier alpha value is -2.35. The number of hydrogen-bond acceptors (Lipinski definition) is 6. The third kappa shape index (κ3) is 5.58. The van der Waals surface area contributed by atoms with E-state index in [9.17, 15) is 9.59 Å². The fourth-order valence-corrected chi connectivity index (χ4v) is 3.14. The number of primary amides is 1. The molecule has 28 heavy (non-hydrogen) atoms. The first-order chi connectivity index (χ1) is 13.4. The van der Waals surface area contributed by atoms with Gasteiger partial charge in [-0.2, -0.15) is 0 Å². The van der Waals surface area contributed by atoms with Gasteiger partial charge in [-0.3, -0.25) is 9.59 Å². The molecule has 8 nitrogen and oxygen atoms in total. The van der Waals surface area contributed by atoms with Crippen LogP contribution >= 0.6 is 0 Å². The fourth-order valence-electron chi connectivity index (χ4n) is 3.14. The van der Waals surface area contributed by atoms with Crippen molar-refractivity contribution in [2.75, 3.05) is 37.8 Å². The molecule has 8 heteroatoms.